The molecule has 6 heteroatoms. The Balaban J connectivity index is 1.42. The molecule has 3 aliphatic rings. The highest BCUT2D eigenvalue weighted by Crippen LogP contribution is 2.32. The number of hydrogen-bond acceptors (Lipinski definition) is 4. The minimum Gasteiger partial charge on any atom is -0.342 e. The van der Waals surface area contributed by atoms with Gasteiger partial charge in [-0.25, -0.2) is 0 Å². The lowest BCUT2D eigenvalue weighted by Gasteiger charge is -2.26. The van der Waals surface area contributed by atoms with Gasteiger partial charge in [0.15, 0.2) is 0 Å². The van der Waals surface area contributed by atoms with Gasteiger partial charge < -0.3 is 10.2 Å². The van der Waals surface area contributed by atoms with Crippen molar-refractivity contribution in [3.63, 3.8) is 0 Å². The van der Waals surface area contributed by atoms with Crippen LogP contribution in [-0.4, -0.2) is 52.4 Å². The fraction of sp³-hybridized carbons (Fsp3) is 0.800. The molecule has 1 unspecified atom stereocenters. The molecule has 3 atom stereocenters. The van der Waals surface area contributed by atoms with E-state index in [2.05, 4.69) is 25.6 Å². The van der Waals surface area contributed by atoms with E-state index in [1.807, 2.05) is 0 Å². The lowest BCUT2D eigenvalue weighted by atomic mass is 9.89. The van der Waals surface area contributed by atoms with Gasteiger partial charge in [0.2, 0.25) is 5.91 Å². The summed E-state index contributed by atoms with van der Waals surface area (Å²) in [7, 11) is 0. The van der Waals surface area contributed by atoms with Crippen LogP contribution in [0, 0.1) is 17.8 Å². The molecular formula is C15H23N5O. The summed E-state index contributed by atoms with van der Waals surface area (Å²) in [6.07, 6.45) is 5.03. The minimum atomic E-state index is 0.114. The zero-order valence-corrected chi connectivity index (χ0v) is 12.3. The maximum atomic E-state index is 12.8. The molecule has 114 valence electrons. The minimum absolute atomic E-state index is 0.114. The molecule has 1 aromatic heterocycles. The Labute approximate surface area is 124 Å². The molecule has 0 saturated carbocycles. The van der Waals surface area contributed by atoms with Crippen molar-refractivity contribution in [2.45, 2.75) is 32.1 Å². The second-order valence-electron chi connectivity index (χ2n) is 6.77. The van der Waals surface area contributed by atoms with Crippen LogP contribution >= 0.6 is 0 Å². The number of fused-ring (bicyclic) bond motifs is 2. The van der Waals surface area contributed by atoms with E-state index in [9.17, 15) is 4.79 Å². The molecular weight excluding hydrogens is 266 g/mol. The Morgan fingerprint density at radius 1 is 1.14 bits per heavy atom. The third-order valence-corrected chi connectivity index (χ3v) is 5.51. The first kappa shape index (κ1) is 13.2. The number of nitrogens with zero attached hydrogens (tertiary/aromatic N) is 3. The van der Waals surface area contributed by atoms with Crippen LogP contribution in [0.15, 0.2) is 0 Å². The van der Waals surface area contributed by atoms with Gasteiger partial charge in [-0.3, -0.25) is 9.89 Å². The van der Waals surface area contributed by atoms with E-state index in [-0.39, 0.29) is 5.92 Å². The number of hydrogen-bond donors (Lipinski definition) is 2. The lowest BCUT2D eigenvalue weighted by molar-refractivity contribution is -0.135. The largest absolute Gasteiger partial charge is 0.342 e. The maximum absolute atomic E-state index is 12.8. The van der Waals surface area contributed by atoms with Crippen molar-refractivity contribution in [1.82, 2.24) is 25.6 Å². The first-order chi connectivity index (χ1) is 10.3. The average Bonchev–Trinajstić information content (AvgIpc) is 3.08. The van der Waals surface area contributed by atoms with Gasteiger partial charge in [-0.2, -0.15) is 0 Å². The molecule has 1 amide bonds. The number of nitrogens with one attached hydrogen (secondary N) is 2. The monoisotopic (exact) mass is 289 g/mol. The van der Waals surface area contributed by atoms with Gasteiger partial charge in [0, 0.05) is 25.4 Å². The number of likely N-dealkylation sites (tertiary alicyclic amines) is 1. The Bertz CT molecular complexity index is 514. The molecule has 0 radical (unpaired) electrons. The molecule has 2 saturated heterocycles. The van der Waals surface area contributed by atoms with E-state index in [4.69, 9.17) is 0 Å². The summed E-state index contributed by atoms with van der Waals surface area (Å²) in [6, 6.07) is 0. The van der Waals surface area contributed by atoms with Crippen molar-refractivity contribution in [3.05, 3.63) is 11.4 Å². The van der Waals surface area contributed by atoms with Crippen molar-refractivity contribution in [2.24, 2.45) is 17.8 Å². The summed E-state index contributed by atoms with van der Waals surface area (Å²) in [6.45, 7) is 4.14. The van der Waals surface area contributed by atoms with E-state index >= 15 is 0 Å². The molecule has 0 spiro atoms. The highest BCUT2D eigenvalue weighted by Gasteiger charge is 2.38. The first-order valence-electron chi connectivity index (χ1n) is 8.19. The summed E-state index contributed by atoms with van der Waals surface area (Å²) >= 11 is 0. The number of amides is 1. The molecule has 3 heterocycles. The molecule has 0 bridgehead atoms. The predicted octanol–water partition coefficient (Wildman–Crippen LogP) is 0.368. The fourth-order valence-electron chi connectivity index (χ4n) is 4.23. The van der Waals surface area contributed by atoms with Crippen LogP contribution in [0.5, 0.6) is 0 Å². The molecule has 1 aliphatic carbocycles. The zero-order chi connectivity index (χ0) is 14.2. The number of H-pyrrole nitrogens is 1. The van der Waals surface area contributed by atoms with Crippen molar-refractivity contribution >= 4 is 5.91 Å². The number of carbonyl (C=O) groups excluding carboxylic acids is 1. The van der Waals surface area contributed by atoms with E-state index < -0.39 is 0 Å². The smallest absolute Gasteiger partial charge is 0.226 e. The predicted molar refractivity (Wildman–Crippen MR) is 77.6 cm³/mol. The number of aromatic amines is 1. The zero-order valence-electron chi connectivity index (χ0n) is 12.3. The van der Waals surface area contributed by atoms with Crippen molar-refractivity contribution in [3.8, 4) is 0 Å². The van der Waals surface area contributed by atoms with Crippen LogP contribution in [0.3, 0.4) is 0 Å². The van der Waals surface area contributed by atoms with Crippen LogP contribution < -0.4 is 5.32 Å². The van der Waals surface area contributed by atoms with Gasteiger partial charge in [0.25, 0.3) is 0 Å². The van der Waals surface area contributed by atoms with Crippen LogP contribution in [0.2, 0.25) is 0 Å². The Kier molecular flexibility index (Phi) is 3.41. The molecule has 21 heavy (non-hydrogen) atoms. The summed E-state index contributed by atoms with van der Waals surface area (Å²) in [5.41, 5.74) is 2.12. The average molecular weight is 289 g/mol. The fourth-order valence-corrected chi connectivity index (χ4v) is 4.23. The Hall–Kier alpha value is -1.43. The third kappa shape index (κ3) is 2.46. The van der Waals surface area contributed by atoms with Crippen molar-refractivity contribution in [2.75, 3.05) is 26.2 Å². The summed E-state index contributed by atoms with van der Waals surface area (Å²) in [4.78, 5) is 14.9. The van der Waals surface area contributed by atoms with Crippen molar-refractivity contribution < 1.29 is 4.79 Å². The topological polar surface area (TPSA) is 73.9 Å². The van der Waals surface area contributed by atoms with Crippen LogP contribution in [0.25, 0.3) is 0 Å². The van der Waals surface area contributed by atoms with E-state index in [0.29, 0.717) is 17.7 Å². The van der Waals surface area contributed by atoms with E-state index in [0.717, 1.165) is 56.8 Å². The van der Waals surface area contributed by atoms with Gasteiger partial charge in [0.1, 0.15) is 0 Å². The lowest BCUT2D eigenvalue weighted by Crippen LogP contribution is -2.37. The first-order valence-corrected chi connectivity index (χ1v) is 8.19. The van der Waals surface area contributed by atoms with Gasteiger partial charge in [0.05, 0.1) is 11.4 Å². The standard InChI is InChI=1S/C15H23N5O/c21-15(10-1-2-13-14(7-10)18-19-17-13)20-8-11-3-5-16-6-4-12(11)9-20/h10-12,16H,1-9H2,(H,17,18,19)/t10?,11-,12+. The van der Waals surface area contributed by atoms with Gasteiger partial charge >= 0.3 is 0 Å². The summed E-state index contributed by atoms with van der Waals surface area (Å²) < 4.78 is 0. The molecule has 2 fully saturated rings. The highest BCUT2D eigenvalue weighted by molar-refractivity contribution is 5.79. The van der Waals surface area contributed by atoms with Gasteiger partial charge in [-0.05, 0) is 50.6 Å². The molecule has 0 aromatic carbocycles. The quantitative estimate of drug-likeness (QED) is 0.783. The second-order valence-corrected chi connectivity index (χ2v) is 6.77. The van der Waals surface area contributed by atoms with Crippen molar-refractivity contribution in [1.29, 1.82) is 0 Å². The Morgan fingerprint density at radius 2 is 1.90 bits per heavy atom. The highest BCUT2D eigenvalue weighted by atomic mass is 16.2. The maximum Gasteiger partial charge on any atom is 0.226 e. The third-order valence-electron chi connectivity index (χ3n) is 5.51. The summed E-state index contributed by atoms with van der Waals surface area (Å²) in [5.74, 6) is 1.87. The van der Waals surface area contributed by atoms with E-state index in [1.54, 1.807) is 0 Å². The molecule has 6 nitrogen and oxygen atoms in total. The summed E-state index contributed by atoms with van der Waals surface area (Å²) in [5, 5.41) is 14.4. The number of carbonyl (C=O) groups is 1. The van der Waals surface area contributed by atoms with Gasteiger partial charge in [-0.1, -0.05) is 5.21 Å². The molecule has 2 aliphatic heterocycles. The SMILES string of the molecule is O=C(C1CCc2[nH]nnc2C1)N1C[C@H]2CCNCC[C@H]2C1. The molecule has 2 N–H and O–H groups in total. The second kappa shape index (κ2) is 5.40. The number of aromatic nitrogens is 3. The van der Waals surface area contributed by atoms with Crippen LogP contribution in [0.4, 0.5) is 0 Å². The normalized spacial score (nSPS) is 32.4. The Morgan fingerprint density at radius 3 is 2.67 bits per heavy atom. The van der Waals surface area contributed by atoms with E-state index in [1.165, 1.54) is 12.8 Å². The van der Waals surface area contributed by atoms with Gasteiger partial charge in [-0.15, -0.1) is 5.10 Å². The number of aryl methyl sites for hydroxylation is 1. The molecule has 4 rings (SSSR count). The van der Waals surface area contributed by atoms with Crippen LogP contribution in [0.1, 0.15) is 30.7 Å². The number of rotatable bonds is 1. The van der Waals surface area contributed by atoms with Crippen LogP contribution in [-0.2, 0) is 17.6 Å². The molecule has 1 aromatic rings.